The molecule has 57 valence electrons. The molecule has 1 radical (unpaired) electrons. The highest BCUT2D eigenvalue weighted by molar-refractivity contribution is 5.51. The summed E-state index contributed by atoms with van der Waals surface area (Å²) in [7, 11) is 0. The van der Waals surface area contributed by atoms with Crippen LogP contribution in [0, 0.1) is 17.0 Å². The summed E-state index contributed by atoms with van der Waals surface area (Å²) in [4.78, 5) is 9.54. The van der Waals surface area contributed by atoms with Gasteiger partial charge in [-0.1, -0.05) is 12.1 Å². The van der Waals surface area contributed by atoms with Gasteiger partial charge in [0, 0.05) is 11.6 Å². The monoisotopic (exact) mass is 152 g/mol. The van der Waals surface area contributed by atoms with Crippen molar-refractivity contribution in [3.8, 4) is 5.75 Å². The van der Waals surface area contributed by atoms with Gasteiger partial charge in [-0.3, -0.25) is 10.1 Å². The molecule has 0 saturated heterocycles. The van der Waals surface area contributed by atoms with Crippen molar-refractivity contribution in [2.45, 2.75) is 0 Å². The van der Waals surface area contributed by atoms with Gasteiger partial charge in [0.25, 0.3) is 0 Å². The van der Waals surface area contributed by atoms with Crippen LogP contribution in [0.2, 0.25) is 0 Å². The number of aromatic hydroxyl groups is 1. The molecule has 0 aliphatic rings. The van der Waals surface area contributed by atoms with Gasteiger partial charge in [0.2, 0.25) is 0 Å². The van der Waals surface area contributed by atoms with Crippen LogP contribution in [0.25, 0.3) is 0 Å². The van der Waals surface area contributed by atoms with E-state index in [1.807, 2.05) is 0 Å². The van der Waals surface area contributed by atoms with E-state index in [9.17, 15) is 10.1 Å². The van der Waals surface area contributed by atoms with Crippen molar-refractivity contribution < 1.29 is 10.0 Å². The van der Waals surface area contributed by atoms with Crippen LogP contribution in [0.5, 0.6) is 5.75 Å². The number of rotatable bonds is 1. The molecule has 1 aromatic rings. The molecular weight excluding hydrogens is 146 g/mol. The highest BCUT2D eigenvalue weighted by Gasteiger charge is 2.12. The zero-order valence-electron chi connectivity index (χ0n) is 5.65. The van der Waals surface area contributed by atoms with Crippen LogP contribution in [0.3, 0.4) is 0 Å². The van der Waals surface area contributed by atoms with Crippen molar-refractivity contribution in [1.29, 1.82) is 0 Å². The largest absolute Gasteiger partial charge is 0.502 e. The second-order valence-corrected chi connectivity index (χ2v) is 2.04. The third kappa shape index (κ3) is 1.29. The summed E-state index contributed by atoms with van der Waals surface area (Å²) < 4.78 is 0. The van der Waals surface area contributed by atoms with Gasteiger partial charge in [-0.25, -0.2) is 0 Å². The standard InChI is InChI=1S/C7H6NO3/c1-5-3-2-4-6(7(5)9)8(10)11/h2-4,9H,1H2. The topological polar surface area (TPSA) is 63.4 Å². The third-order valence-electron chi connectivity index (χ3n) is 1.29. The molecule has 0 bridgehead atoms. The van der Waals surface area contributed by atoms with E-state index in [2.05, 4.69) is 6.92 Å². The summed E-state index contributed by atoms with van der Waals surface area (Å²) in [5.74, 6) is -0.363. The molecule has 0 fully saturated rings. The van der Waals surface area contributed by atoms with E-state index in [1.54, 1.807) is 0 Å². The highest BCUT2D eigenvalue weighted by atomic mass is 16.6. The molecule has 0 aromatic heterocycles. The fourth-order valence-corrected chi connectivity index (χ4v) is 0.725. The minimum atomic E-state index is -0.649. The summed E-state index contributed by atoms with van der Waals surface area (Å²) in [6, 6.07) is 4.20. The Morgan fingerprint density at radius 2 is 2.18 bits per heavy atom. The van der Waals surface area contributed by atoms with Crippen molar-refractivity contribution >= 4 is 5.69 Å². The number of phenols is 1. The van der Waals surface area contributed by atoms with Crippen LogP contribution in [-0.2, 0) is 0 Å². The average Bonchev–Trinajstić information content (AvgIpc) is 1.94. The van der Waals surface area contributed by atoms with Gasteiger partial charge in [-0.05, 0) is 6.92 Å². The van der Waals surface area contributed by atoms with Crippen molar-refractivity contribution in [3.05, 3.63) is 40.8 Å². The zero-order chi connectivity index (χ0) is 8.43. The molecule has 0 unspecified atom stereocenters. The Kier molecular flexibility index (Phi) is 1.76. The summed E-state index contributed by atoms with van der Waals surface area (Å²) >= 11 is 0. The van der Waals surface area contributed by atoms with Crippen molar-refractivity contribution in [2.75, 3.05) is 0 Å². The van der Waals surface area contributed by atoms with Gasteiger partial charge < -0.3 is 5.11 Å². The molecule has 1 N–H and O–H groups in total. The van der Waals surface area contributed by atoms with Gasteiger partial charge >= 0.3 is 5.69 Å². The Bertz CT molecular complexity index is 296. The van der Waals surface area contributed by atoms with E-state index in [0.717, 1.165) is 0 Å². The number of hydrogen-bond donors (Lipinski definition) is 1. The summed E-state index contributed by atoms with van der Waals surface area (Å²) in [6.07, 6.45) is 0. The number of nitro groups is 1. The van der Waals surface area contributed by atoms with Crippen molar-refractivity contribution in [3.63, 3.8) is 0 Å². The summed E-state index contributed by atoms with van der Waals surface area (Å²) in [5, 5.41) is 19.3. The zero-order valence-corrected chi connectivity index (χ0v) is 5.65. The average molecular weight is 152 g/mol. The van der Waals surface area contributed by atoms with Gasteiger partial charge in [-0.2, -0.15) is 0 Å². The molecule has 0 heterocycles. The Morgan fingerprint density at radius 3 is 2.64 bits per heavy atom. The second kappa shape index (κ2) is 2.57. The smallest absolute Gasteiger partial charge is 0.310 e. The van der Waals surface area contributed by atoms with E-state index in [4.69, 9.17) is 5.11 Å². The molecule has 0 amide bonds. The van der Waals surface area contributed by atoms with Crippen LogP contribution in [0.1, 0.15) is 5.56 Å². The predicted octanol–water partition coefficient (Wildman–Crippen LogP) is 1.48. The van der Waals surface area contributed by atoms with Crippen LogP contribution >= 0.6 is 0 Å². The normalized spacial score (nSPS) is 9.55. The Hall–Kier alpha value is -1.58. The molecule has 0 atom stereocenters. The van der Waals surface area contributed by atoms with Crippen LogP contribution in [0.15, 0.2) is 18.2 Å². The fraction of sp³-hybridized carbons (Fsp3) is 0. The first-order chi connectivity index (χ1) is 5.13. The van der Waals surface area contributed by atoms with Crippen LogP contribution in [-0.4, -0.2) is 10.0 Å². The molecule has 0 aliphatic heterocycles. The SMILES string of the molecule is [CH2]c1cccc([N+](=O)[O-])c1O. The lowest BCUT2D eigenvalue weighted by atomic mass is 10.2. The number of nitrogens with zero attached hydrogens (tertiary/aromatic N) is 1. The molecule has 0 aliphatic carbocycles. The molecule has 1 aromatic carbocycles. The first-order valence-corrected chi connectivity index (χ1v) is 2.91. The molecule has 0 spiro atoms. The lowest BCUT2D eigenvalue weighted by molar-refractivity contribution is -0.385. The minimum absolute atomic E-state index is 0.263. The molecular formula is C7H6NO3. The molecule has 4 heteroatoms. The number of hydrogen-bond acceptors (Lipinski definition) is 3. The predicted molar refractivity (Wildman–Crippen MR) is 39.2 cm³/mol. The maximum atomic E-state index is 10.2. The number of nitro benzene ring substituents is 1. The third-order valence-corrected chi connectivity index (χ3v) is 1.29. The number of para-hydroxylation sites is 1. The number of benzene rings is 1. The second-order valence-electron chi connectivity index (χ2n) is 2.04. The molecule has 1 rings (SSSR count). The van der Waals surface area contributed by atoms with Gasteiger partial charge in [0.05, 0.1) is 4.92 Å². The van der Waals surface area contributed by atoms with Gasteiger partial charge in [-0.15, -0.1) is 0 Å². The van der Waals surface area contributed by atoms with Crippen molar-refractivity contribution in [2.24, 2.45) is 0 Å². The number of phenolic OH excluding ortho intramolecular Hbond substituents is 1. The molecule has 0 saturated carbocycles. The first-order valence-electron chi connectivity index (χ1n) is 2.91. The van der Waals surface area contributed by atoms with Crippen LogP contribution in [0.4, 0.5) is 5.69 Å². The Labute approximate surface area is 63.2 Å². The molecule has 4 nitrogen and oxygen atoms in total. The first kappa shape index (κ1) is 7.53. The van der Waals surface area contributed by atoms with Gasteiger partial charge in [0.1, 0.15) is 0 Å². The quantitative estimate of drug-likeness (QED) is 0.489. The maximum Gasteiger partial charge on any atom is 0.310 e. The van der Waals surface area contributed by atoms with E-state index < -0.39 is 4.92 Å². The van der Waals surface area contributed by atoms with E-state index in [1.165, 1.54) is 18.2 Å². The highest BCUT2D eigenvalue weighted by Crippen LogP contribution is 2.27. The van der Waals surface area contributed by atoms with E-state index in [-0.39, 0.29) is 17.0 Å². The Morgan fingerprint density at radius 1 is 1.55 bits per heavy atom. The van der Waals surface area contributed by atoms with Crippen LogP contribution < -0.4 is 0 Å². The van der Waals surface area contributed by atoms with Crippen molar-refractivity contribution in [1.82, 2.24) is 0 Å². The lowest BCUT2D eigenvalue weighted by Crippen LogP contribution is -1.88. The summed E-state index contributed by atoms with van der Waals surface area (Å²) in [6.45, 7) is 3.41. The molecule has 11 heavy (non-hydrogen) atoms. The summed E-state index contributed by atoms with van der Waals surface area (Å²) in [5.41, 5.74) is -0.0447. The minimum Gasteiger partial charge on any atom is -0.502 e. The fourth-order valence-electron chi connectivity index (χ4n) is 0.725. The Balaban J connectivity index is 3.27. The van der Waals surface area contributed by atoms with E-state index in [0.29, 0.717) is 0 Å². The lowest BCUT2D eigenvalue weighted by Gasteiger charge is -1.97. The maximum absolute atomic E-state index is 10.2. The van der Waals surface area contributed by atoms with E-state index >= 15 is 0 Å². The van der Waals surface area contributed by atoms with Gasteiger partial charge in [0.15, 0.2) is 5.75 Å².